The van der Waals surface area contributed by atoms with Gasteiger partial charge in [0.05, 0.1) is 29.1 Å². The molecule has 0 aliphatic carbocycles. The van der Waals surface area contributed by atoms with E-state index < -0.39 is 22.9 Å². The fourth-order valence-electron chi connectivity index (χ4n) is 4.64. The predicted molar refractivity (Wildman–Crippen MR) is 112 cm³/mol. The van der Waals surface area contributed by atoms with Crippen molar-refractivity contribution in [2.45, 2.75) is 51.4 Å². The molecule has 0 bridgehead atoms. The van der Waals surface area contributed by atoms with Crippen LogP contribution in [0.1, 0.15) is 43.9 Å². The van der Waals surface area contributed by atoms with E-state index in [2.05, 4.69) is 6.92 Å². The van der Waals surface area contributed by atoms with Crippen molar-refractivity contribution in [1.29, 1.82) is 0 Å². The third kappa shape index (κ3) is 4.06. The van der Waals surface area contributed by atoms with Crippen molar-refractivity contribution in [3.8, 4) is 16.9 Å². The number of fused-ring (bicyclic) bond motifs is 1. The quantitative estimate of drug-likeness (QED) is 0.637. The molecule has 1 fully saturated rings. The standard InChI is InChI=1S/C24H24F3NO3/c1-2-16-10-6-7-13-28(16)14-18-19(29)12-11-17-21(30)20(15-8-4-3-5-9-15)23(24(25,26)27)31-22(17)18/h3-5,8-9,11-12,16,29H,2,6-7,10,13-14H2,1H3/p+1/t16-/m0/s1. The minimum atomic E-state index is -4.86. The van der Waals surface area contributed by atoms with Crippen LogP contribution in [0, 0.1) is 0 Å². The van der Waals surface area contributed by atoms with Crippen LogP contribution in [0.3, 0.4) is 0 Å². The lowest BCUT2D eigenvalue weighted by atomic mass is 9.97. The molecule has 7 heteroatoms. The van der Waals surface area contributed by atoms with Crippen LogP contribution in [-0.2, 0) is 12.7 Å². The maximum atomic E-state index is 13.9. The van der Waals surface area contributed by atoms with E-state index in [-0.39, 0.29) is 27.8 Å². The van der Waals surface area contributed by atoms with Crippen LogP contribution in [0.15, 0.2) is 51.7 Å². The molecule has 1 aromatic heterocycles. The van der Waals surface area contributed by atoms with Gasteiger partial charge in [-0.15, -0.1) is 0 Å². The monoisotopic (exact) mass is 432 g/mol. The molecular weight excluding hydrogens is 407 g/mol. The summed E-state index contributed by atoms with van der Waals surface area (Å²) in [6.07, 6.45) is -0.736. The molecule has 4 rings (SSSR count). The average Bonchev–Trinajstić information content (AvgIpc) is 2.75. The molecule has 2 N–H and O–H groups in total. The highest BCUT2D eigenvalue weighted by Gasteiger charge is 2.40. The molecule has 1 unspecified atom stereocenters. The number of piperidine rings is 1. The van der Waals surface area contributed by atoms with E-state index in [9.17, 15) is 23.1 Å². The lowest BCUT2D eigenvalue weighted by molar-refractivity contribution is -0.944. The smallest absolute Gasteiger partial charge is 0.450 e. The van der Waals surface area contributed by atoms with Gasteiger partial charge in [-0.05, 0) is 43.4 Å². The summed E-state index contributed by atoms with van der Waals surface area (Å²) >= 11 is 0. The van der Waals surface area contributed by atoms with Gasteiger partial charge in [0.2, 0.25) is 11.2 Å². The minimum absolute atomic E-state index is 0.0455. The number of phenols is 1. The molecule has 31 heavy (non-hydrogen) atoms. The summed E-state index contributed by atoms with van der Waals surface area (Å²) in [4.78, 5) is 14.4. The summed E-state index contributed by atoms with van der Waals surface area (Å²) in [5.74, 6) is -1.48. The van der Waals surface area contributed by atoms with Crippen molar-refractivity contribution in [3.05, 3.63) is 64.0 Å². The number of nitrogens with one attached hydrogen (secondary N) is 1. The number of rotatable bonds is 4. The number of likely N-dealkylation sites (tertiary alicyclic amines) is 1. The third-order valence-electron chi connectivity index (χ3n) is 6.23. The summed E-state index contributed by atoms with van der Waals surface area (Å²) in [5.41, 5.74) is -1.02. The molecule has 2 aromatic carbocycles. The van der Waals surface area contributed by atoms with Crippen molar-refractivity contribution in [2.24, 2.45) is 0 Å². The first-order chi connectivity index (χ1) is 14.8. The van der Waals surface area contributed by atoms with Crippen LogP contribution in [0.4, 0.5) is 13.2 Å². The normalized spacial score (nSPS) is 19.6. The SMILES string of the molecule is CC[C@H]1CCCC[NH+]1Cc1c(O)ccc2c(=O)c(-c3ccccc3)c(C(F)(F)F)oc12. The summed E-state index contributed by atoms with van der Waals surface area (Å²) in [6.45, 7) is 3.27. The molecule has 1 aliphatic heterocycles. The number of halogens is 3. The Morgan fingerprint density at radius 1 is 1.13 bits per heavy atom. The van der Waals surface area contributed by atoms with E-state index in [1.165, 1.54) is 29.2 Å². The van der Waals surface area contributed by atoms with Crippen LogP contribution in [0.2, 0.25) is 0 Å². The molecule has 0 radical (unpaired) electrons. The predicted octanol–water partition coefficient (Wildman–Crippen LogP) is 4.53. The van der Waals surface area contributed by atoms with Gasteiger partial charge in [-0.25, -0.2) is 0 Å². The summed E-state index contributed by atoms with van der Waals surface area (Å²) < 4.78 is 47.3. The second-order valence-electron chi connectivity index (χ2n) is 8.12. The molecule has 1 saturated heterocycles. The van der Waals surface area contributed by atoms with Gasteiger partial charge in [-0.3, -0.25) is 4.79 Å². The van der Waals surface area contributed by atoms with Crippen molar-refractivity contribution < 1.29 is 27.6 Å². The van der Waals surface area contributed by atoms with Crippen molar-refractivity contribution >= 4 is 11.0 Å². The number of hydrogen-bond donors (Lipinski definition) is 2. The zero-order chi connectivity index (χ0) is 22.2. The zero-order valence-corrected chi connectivity index (χ0v) is 17.3. The number of aromatic hydroxyl groups is 1. The number of benzene rings is 2. The highest BCUT2D eigenvalue weighted by atomic mass is 19.4. The number of phenolic OH excluding ortho intramolecular Hbond substituents is 1. The Morgan fingerprint density at radius 3 is 2.55 bits per heavy atom. The van der Waals surface area contributed by atoms with Crippen LogP contribution in [-0.4, -0.2) is 17.7 Å². The number of hydrogen-bond acceptors (Lipinski definition) is 3. The van der Waals surface area contributed by atoms with Crippen molar-refractivity contribution in [2.75, 3.05) is 6.54 Å². The summed E-state index contributed by atoms with van der Waals surface area (Å²) in [6, 6.07) is 10.8. The Morgan fingerprint density at radius 2 is 1.87 bits per heavy atom. The molecule has 0 saturated carbocycles. The van der Waals surface area contributed by atoms with Gasteiger partial charge in [-0.2, -0.15) is 13.2 Å². The van der Waals surface area contributed by atoms with E-state index >= 15 is 0 Å². The molecule has 164 valence electrons. The Kier molecular flexibility index (Phi) is 5.79. The van der Waals surface area contributed by atoms with E-state index in [0.717, 1.165) is 32.2 Å². The largest absolute Gasteiger partial charge is 0.507 e. The summed E-state index contributed by atoms with van der Waals surface area (Å²) in [5, 5.41) is 10.6. The van der Waals surface area contributed by atoms with Crippen LogP contribution in [0.5, 0.6) is 5.75 Å². The zero-order valence-electron chi connectivity index (χ0n) is 17.3. The first-order valence-corrected chi connectivity index (χ1v) is 10.6. The fourth-order valence-corrected chi connectivity index (χ4v) is 4.64. The molecule has 2 heterocycles. The van der Waals surface area contributed by atoms with Gasteiger partial charge in [0.15, 0.2) is 5.58 Å². The van der Waals surface area contributed by atoms with Gasteiger partial charge in [0.1, 0.15) is 12.3 Å². The molecular formula is C24H25F3NO3+. The first kappa shape index (κ1) is 21.4. The van der Waals surface area contributed by atoms with Gasteiger partial charge < -0.3 is 14.4 Å². The maximum Gasteiger partial charge on any atom is 0.450 e. The van der Waals surface area contributed by atoms with E-state index in [0.29, 0.717) is 12.6 Å². The van der Waals surface area contributed by atoms with Gasteiger partial charge in [-0.1, -0.05) is 37.3 Å². The average molecular weight is 432 g/mol. The van der Waals surface area contributed by atoms with Crippen LogP contribution >= 0.6 is 0 Å². The second kappa shape index (κ2) is 8.38. The molecule has 0 amide bonds. The van der Waals surface area contributed by atoms with Gasteiger partial charge in [0.25, 0.3) is 0 Å². The van der Waals surface area contributed by atoms with Gasteiger partial charge in [0, 0.05) is 0 Å². The Labute approximate surface area is 177 Å². The topological polar surface area (TPSA) is 54.9 Å². The van der Waals surface area contributed by atoms with Crippen molar-refractivity contribution in [3.63, 3.8) is 0 Å². The third-order valence-corrected chi connectivity index (χ3v) is 6.23. The van der Waals surface area contributed by atoms with E-state index in [4.69, 9.17) is 4.42 Å². The number of quaternary nitrogens is 1. The minimum Gasteiger partial charge on any atom is -0.507 e. The molecule has 3 aromatic rings. The highest BCUT2D eigenvalue weighted by Crippen LogP contribution is 2.38. The summed E-state index contributed by atoms with van der Waals surface area (Å²) in [7, 11) is 0. The maximum absolute atomic E-state index is 13.9. The lowest BCUT2D eigenvalue weighted by Gasteiger charge is -2.32. The molecule has 1 aliphatic rings. The number of alkyl halides is 3. The van der Waals surface area contributed by atoms with Crippen LogP contribution in [0.25, 0.3) is 22.1 Å². The van der Waals surface area contributed by atoms with E-state index in [1.54, 1.807) is 18.2 Å². The lowest BCUT2D eigenvalue weighted by Crippen LogP contribution is -3.15. The Hall–Kier alpha value is -2.80. The Bertz CT molecular complexity index is 1140. The van der Waals surface area contributed by atoms with Crippen LogP contribution < -0.4 is 10.3 Å². The second-order valence-corrected chi connectivity index (χ2v) is 8.12. The molecule has 0 spiro atoms. The highest BCUT2D eigenvalue weighted by molar-refractivity contribution is 5.86. The first-order valence-electron chi connectivity index (χ1n) is 10.6. The fraction of sp³-hybridized carbons (Fsp3) is 0.375. The molecule has 2 atom stereocenters. The van der Waals surface area contributed by atoms with Gasteiger partial charge >= 0.3 is 6.18 Å². The Balaban J connectivity index is 1.94. The molecule has 4 nitrogen and oxygen atoms in total. The van der Waals surface area contributed by atoms with E-state index in [1.807, 2.05) is 0 Å². The van der Waals surface area contributed by atoms with Crippen molar-refractivity contribution in [1.82, 2.24) is 0 Å².